The summed E-state index contributed by atoms with van der Waals surface area (Å²) in [6.45, 7) is 3.85. The van der Waals surface area contributed by atoms with Gasteiger partial charge in [-0.05, 0) is 37.6 Å². The lowest BCUT2D eigenvalue weighted by atomic mass is 9.98. The highest BCUT2D eigenvalue weighted by atomic mass is 16.2. The fourth-order valence-electron chi connectivity index (χ4n) is 2.24. The Bertz CT molecular complexity index is 622. The van der Waals surface area contributed by atoms with E-state index in [0.717, 1.165) is 22.4 Å². The van der Waals surface area contributed by atoms with E-state index in [0.29, 0.717) is 5.82 Å². The van der Waals surface area contributed by atoms with Crippen LogP contribution in [-0.4, -0.2) is 15.9 Å². The van der Waals surface area contributed by atoms with Gasteiger partial charge in [-0.1, -0.05) is 0 Å². The molecule has 4 heteroatoms. The van der Waals surface area contributed by atoms with Crippen molar-refractivity contribution in [3.63, 3.8) is 0 Å². The van der Waals surface area contributed by atoms with Crippen molar-refractivity contribution in [3.8, 4) is 11.1 Å². The normalized spacial score (nSPS) is 17.4. The molecule has 0 saturated carbocycles. The molecule has 0 radical (unpaired) electrons. The molecule has 0 bridgehead atoms. The number of pyridine rings is 2. The van der Waals surface area contributed by atoms with Crippen LogP contribution in [0.5, 0.6) is 0 Å². The van der Waals surface area contributed by atoms with Crippen LogP contribution >= 0.6 is 0 Å². The van der Waals surface area contributed by atoms with Crippen molar-refractivity contribution in [3.05, 3.63) is 41.9 Å². The molecule has 0 aromatic carbocycles. The van der Waals surface area contributed by atoms with Gasteiger partial charge in [-0.3, -0.25) is 9.78 Å². The van der Waals surface area contributed by atoms with E-state index in [4.69, 9.17) is 0 Å². The molecular formula is C14H13N3O. The first kappa shape index (κ1) is 10.9. The highest BCUT2D eigenvalue weighted by Gasteiger charge is 2.28. The molecular weight excluding hydrogens is 226 g/mol. The Balaban J connectivity index is 2.17. The Morgan fingerprint density at radius 3 is 2.72 bits per heavy atom. The van der Waals surface area contributed by atoms with Gasteiger partial charge in [-0.2, -0.15) is 0 Å². The maximum atomic E-state index is 11.6. The number of hydrogen-bond acceptors (Lipinski definition) is 3. The third-order valence-electron chi connectivity index (χ3n) is 3.34. The summed E-state index contributed by atoms with van der Waals surface area (Å²) in [6, 6.07) is 5.95. The van der Waals surface area contributed by atoms with Crippen molar-refractivity contribution < 1.29 is 4.79 Å². The quantitative estimate of drug-likeness (QED) is 0.831. The van der Waals surface area contributed by atoms with Crippen molar-refractivity contribution in [2.24, 2.45) is 0 Å². The topological polar surface area (TPSA) is 54.9 Å². The van der Waals surface area contributed by atoms with Crippen molar-refractivity contribution in [2.45, 2.75) is 19.8 Å². The first-order chi connectivity index (χ1) is 8.66. The van der Waals surface area contributed by atoms with E-state index in [1.807, 2.05) is 26.0 Å². The number of aromatic nitrogens is 2. The number of aryl methyl sites for hydroxylation is 1. The van der Waals surface area contributed by atoms with Crippen LogP contribution < -0.4 is 5.32 Å². The van der Waals surface area contributed by atoms with Crippen LogP contribution in [0.2, 0.25) is 0 Å². The predicted molar refractivity (Wildman–Crippen MR) is 69.2 cm³/mol. The van der Waals surface area contributed by atoms with Gasteiger partial charge in [0.1, 0.15) is 5.82 Å². The molecule has 3 heterocycles. The standard InChI is InChI=1S/C14H13N3O/c1-8-11-7-12(10-3-5-15-6-4-10)9(2)16-13(11)17-14(8)18/h3-8H,1-2H3,(H,16,17,18)/t8-/m1/s1. The second-order valence-corrected chi connectivity index (χ2v) is 4.51. The Hall–Kier alpha value is -2.23. The SMILES string of the molecule is Cc1nc2c(cc1-c1ccncc1)[C@@H](C)C(=O)N2. The van der Waals surface area contributed by atoms with Gasteiger partial charge in [-0.25, -0.2) is 4.98 Å². The molecule has 90 valence electrons. The Morgan fingerprint density at radius 2 is 2.00 bits per heavy atom. The minimum absolute atomic E-state index is 0.0174. The molecule has 1 atom stereocenters. The van der Waals surface area contributed by atoms with Gasteiger partial charge in [0.2, 0.25) is 5.91 Å². The average molecular weight is 239 g/mol. The van der Waals surface area contributed by atoms with Crippen molar-refractivity contribution in [1.29, 1.82) is 0 Å². The van der Waals surface area contributed by atoms with Crippen LogP contribution in [0.1, 0.15) is 24.1 Å². The third-order valence-corrected chi connectivity index (χ3v) is 3.34. The molecule has 0 fully saturated rings. The molecule has 1 N–H and O–H groups in total. The number of anilines is 1. The van der Waals surface area contributed by atoms with Gasteiger partial charge in [-0.15, -0.1) is 0 Å². The van der Waals surface area contributed by atoms with E-state index in [-0.39, 0.29) is 11.8 Å². The number of rotatable bonds is 1. The number of carbonyl (C=O) groups is 1. The summed E-state index contributed by atoms with van der Waals surface area (Å²) in [5.74, 6) is 0.584. The summed E-state index contributed by atoms with van der Waals surface area (Å²) in [5, 5.41) is 2.80. The molecule has 1 amide bonds. The summed E-state index contributed by atoms with van der Waals surface area (Å²) < 4.78 is 0. The number of amides is 1. The lowest BCUT2D eigenvalue weighted by Gasteiger charge is -2.09. The van der Waals surface area contributed by atoms with E-state index < -0.39 is 0 Å². The zero-order valence-electron chi connectivity index (χ0n) is 10.3. The van der Waals surface area contributed by atoms with E-state index in [9.17, 15) is 4.79 Å². The molecule has 2 aromatic heterocycles. The van der Waals surface area contributed by atoms with Crippen LogP contribution in [0.3, 0.4) is 0 Å². The van der Waals surface area contributed by atoms with Gasteiger partial charge in [0.25, 0.3) is 0 Å². The fraction of sp³-hybridized carbons (Fsp3) is 0.214. The molecule has 18 heavy (non-hydrogen) atoms. The third kappa shape index (κ3) is 1.57. The molecule has 1 aliphatic rings. The zero-order valence-corrected chi connectivity index (χ0v) is 10.3. The Morgan fingerprint density at radius 1 is 1.28 bits per heavy atom. The highest BCUT2D eigenvalue weighted by Crippen LogP contribution is 2.35. The molecule has 4 nitrogen and oxygen atoms in total. The Kier molecular flexibility index (Phi) is 2.37. The van der Waals surface area contributed by atoms with Crippen LogP contribution in [-0.2, 0) is 4.79 Å². The molecule has 1 aliphatic heterocycles. The van der Waals surface area contributed by atoms with Crippen molar-refractivity contribution >= 4 is 11.7 Å². The second kappa shape index (κ2) is 3.91. The zero-order chi connectivity index (χ0) is 12.7. The second-order valence-electron chi connectivity index (χ2n) is 4.51. The maximum Gasteiger partial charge on any atom is 0.232 e. The van der Waals surface area contributed by atoms with Gasteiger partial charge in [0, 0.05) is 29.2 Å². The summed E-state index contributed by atoms with van der Waals surface area (Å²) in [6.07, 6.45) is 3.52. The van der Waals surface area contributed by atoms with Crippen LogP contribution in [0.15, 0.2) is 30.6 Å². The molecule has 2 aromatic rings. The monoisotopic (exact) mass is 239 g/mol. The largest absolute Gasteiger partial charge is 0.310 e. The lowest BCUT2D eigenvalue weighted by Crippen LogP contribution is -2.08. The predicted octanol–water partition coefficient (Wildman–Crippen LogP) is 2.51. The number of fused-ring (bicyclic) bond motifs is 1. The molecule has 0 saturated heterocycles. The summed E-state index contributed by atoms with van der Waals surface area (Å²) in [4.78, 5) is 20.1. The minimum atomic E-state index is -0.131. The number of hydrogen-bond donors (Lipinski definition) is 1. The lowest BCUT2D eigenvalue weighted by molar-refractivity contribution is -0.116. The minimum Gasteiger partial charge on any atom is -0.310 e. The first-order valence-electron chi connectivity index (χ1n) is 5.89. The average Bonchev–Trinajstić information content (AvgIpc) is 2.65. The molecule has 0 spiro atoms. The summed E-state index contributed by atoms with van der Waals surface area (Å²) >= 11 is 0. The molecule has 0 aliphatic carbocycles. The van der Waals surface area contributed by atoms with E-state index in [1.54, 1.807) is 12.4 Å². The molecule has 0 unspecified atom stereocenters. The number of carbonyl (C=O) groups excluding carboxylic acids is 1. The summed E-state index contributed by atoms with van der Waals surface area (Å²) in [5.41, 5.74) is 4.01. The van der Waals surface area contributed by atoms with E-state index in [2.05, 4.69) is 21.4 Å². The maximum absolute atomic E-state index is 11.6. The van der Waals surface area contributed by atoms with Gasteiger partial charge >= 0.3 is 0 Å². The Labute approximate surface area is 105 Å². The fourth-order valence-corrected chi connectivity index (χ4v) is 2.24. The van der Waals surface area contributed by atoms with Gasteiger partial charge < -0.3 is 5.32 Å². The van der Waals surface area contributed by atoms with Gasteiger partial charge in [0.15, 0.2) is 0 Å². The summed E-state index contributed by atoms with van der Waals surface area (Å²) in [7, 11) is 0. The number of nitrogens with zero attached hydrogens (tertiary/aromatic N) is 2. The number of nitrogens with one attached hydrogen (secondary N) is 1. The molecule has 3 rings (SSSR count). The smallest absolute Gasteiger partial charge is 0.232 e. The van der Waals surface area contributed by atoms with Crippen molar-refractivity contribution in [1.82, 2.24) is 9.97 Å². The highest BCUT2D eigenvalue weighted by molar-refractivity contribution is 6.02. The first-order valence-corrected chi connectivity index (χ1v) is 5.89. The van der Waals surface area contributed by atoms with Crippen LogP contribution in [0, 0.1) is 6.92 Å². The van der Waals surface area contributed by atoms with Crippen LogP contribution in [0.4, 0.5) is 5.82 Å². The van der Waals surface area contributed by atoms with Crippen molar-refractivity contribution in [2.75, 3.05) is 5.32 Å². The van der Waals surface area contributed by atoms with Crippen LogP contribution in [0.25, 0.3) is 11.1 Å². The van der Waals surface area contributed by atoms with Gasteiger partial charge in [0.05, 0.1) is 5.92 Å². The van der Waals surface area contributed by atoms with E-state index >= 15 is 0 Å². The van der Waals surface area contributed by atoms with E-state index in [1.165, 1.54) is 0 Å².